The largest absolute Gasteiger partial charge is 0.472 e. The molecule has 27 heavy (non-hydrogen) atoms. The monoisotopic (exact) mass is 357 g/mol. The first-order valence-electron chi connectivity index (χ1n) is 8.74. The van der Waals surface area contributed by atoms with Crippen LogP contribution in [0.2, 0.25) is 0 Å². The van der Waals surface area contributed by atoms with Crippen molar-refractivity contribution >= 4 is 5.91 Å². The van der Waals surface area contributed by atoms with Crippen molar-refractivity contribution in [1.29, 1.82) is 0 Å². The molecule has 2 heterocycles. The van der Waals surface area contributed by atoms with E-state index in [-0.39, 0.29) is 5.91 Å². The molecule has 0 radical (unpaired) electrons. The minimum Gasteiger partial charge on any atom is -0.472 e. The second-order valence-electron chi connectivity index (χ2n) is 6.28. The third kappa shape index (κ3) is 3.98. The fourth-order valence-corrected chi connectivity index (χ4v) is 3.03. The van der Waals surface area contributed by atoms with Crippen LogP contribution in [0, 0.1) is 0 Å². The second kappa shape index (κ2) is 7.74. The molecule has 5 nitrogen and oxygen atoms in total. The number of imidazole rings is 1. The van der Waals surface area contributed by atoms with Crippen LogP contribution in [-0.2, 0) is 13.1 Å². The number of benzene rings is 2. The minimum absolute atomic E-state index is 0.0923. The van der Waals surface area contributed by atoms with Gasteiger partial charge in [0, 0.05) is 18.9 Å². The van der Waals surface area contributed by atoms with Gasteiger partial charge >= 0.3 is 0 Å². The summed E-state index contributed by atoms with van der Waals surface area (Å²) in [5, 5.41) is 0. The van der Waals surface area contributed by atoms with E-state index >= 15 is 0 Å². The SMILES string of the molecule is O=C(c1ccoc1)N(Cc1cccc(-c2ccccc2)c1)Cc1ncc[nH]1. The predicted molar refractivity (Wildman–Crippen MR) is 103 cm³/mol. The summed E-state index contributed by atoms with van der Waals surface area (Å²) in [6.45, 7) is 0.873. The van der Waals surface area contributed by atoms with Crippen molar-refractivity contribution in [3.8, 4) is 11.1 Å². The zero-order chi connectivity index (χ0) is 18.5. The molecule has 4 rings (SSSR count). The van der Waals surface area contributed by atoms with Crippen LogP contribution in [0.5, 0.6) is 0 Å². The number of hydrogen-bond donors (Lipinski definition) is 1. The Morgan fingerprint density at radius 1 is 1.00 bits per heavy atom. The summed E-state index contributed by atoms with van der Waals surface area (Å²) in [6.07, 6.45) is 6.42. The van der Waals surface area contributed by atoms with Gasteiger partial charge < -0.3 is 14.3 Å². The highest BCUT2D eigenvalue weighted by Crippen LogP contribution is 2.21. The van der Waals surface area contributed by atoms with Gasteiger partial charge in [-0.2, -0.15) is 0 Å². The molecule has 0 bridgehead atoms. The van der Waals surface area contributed by atoms with E-state index in [1.807, 2.05) is 30.3 Å². The van der Waals surface area contributed by atoms with E-state index in [9.17, 15) is 4.79 Å². The Bertz CT molecular complexity index is 993. The van der Waals surface area contributed by atoms with Crippen LogP contribution in [0.4, 0.5) is 0 Å². The van der Waals surface area contributed by atoms with Crippen molar-refractivity contribution < 1.29 is 9.21 Å². The lowest BCUT2D eigenvalue weighted by molar-refractivity contribution is 0.0725. The van der Waals surface area contributed by atoms with Crippen LogP contribution in [0.25, 0.3) is 11.1 Å². The van der Waals surface area contributed by atoms with Crippen LogP contribution in [0.3, 0.4) is 0 Å². The summed E-state index contributed by atoms with van der Waals surface area (Å²) < 4.78 is 5.08. The number of carbonyl (C=O) groups excluding carboxylic acids is 1. The molecule has 0 atom stereocenters. The number of furan rings is 1. The van der Waals surface area contributed by atoms with Gasteiger partial charge in [-0.05, 0) is 28.8 Å². The molecule has 0 fully saturated rings. The summed E-state index contributed by atoms with van der Waals surface area (Å²) in [5.41, 5.74) is 3.86. The van der Waals surface area contributed by atoms with Crippen molar-refractivity contribution in [2.45, 2.75) is 13.1 Å². The van der Waals surface area contributed by atoms with E-state index in [1.165, 1.54) is 12.5 Å². The van der Waals surface area contributed by atoms with E-state index in [2.05, 4.69) is 34.2 Å². The molecular formula is C22H19N3O2. The lowest BCUT2D eigenvalue weighted by Crippen LogP contribution is -2.30. The number of nitrogens with one attached hydrogen (secondary N) is 1. The average molecular weight is 357 g/mol. The first-order valence-corrected chi connectivity index (χ1v) is 8.74. The highest BCUT2D eigenvalue weighted by Gasteiger charge is 2.19. The molecule has 0 spiro atoms. The maximum Gasteiger partial charge on any atom is 0.257 e. The Labute approximate surface area is 157 Å². The molecule has 0 aliphatic heterocycles. The lowest BCUT2D eigenvalue weighted by Gasteiger charge is -2.21. The summed E-state index contributed by atoms with van der Waals surface area (Å²) in [7, 11) is 0. The van der Waals surface area contributed by atoms with Crippen LogP contribution in [-0.4, -0.2) is 20.8 Å². The maximum atomic E-state index is 12.9. The van der Waals surface area contributed by atoms with E-state index in [1.54, 1.807) is 23.4 Å². The van der Waals surface area contributed by atoms with Crippen LogP contribution < -0.4 is 0 Å². The molecule has 0 saturated heterocycles. The summed E-state index contributed by atoms with van der Waals surface area (Å²) in [6, 6.07) is 20.1. The van der Waals surface area contributed by atoms with Crippen LogP contribution in [0.1, 0.15) is 21.7 Å². The van der Waals surface area contributed by atoms with E-state index in [0.29, 0.717) is 18.7 Å². The Morgan fingerprint density at radius 3 is 2.59 bits per heavy atom. The first-order chi connectivity index (χ1) is 13.3. The fourth-order valence-electron chi connectivity index (χ4n) is 3.03. The molecule has 5 heteroatoms. The molecule has 134 valence electrons. The number of carbonyl (C=O) groups is 1. The molecule has 0 aliphatic rings. The molecule has 0 saturated carbocycles. The molecule has 0 aliphatic carbocycles. The smallest absolute Gasteiger partial charge is 0.257 e. The van der Waals surface area contributed by atoms with Crippen molar-refractivity contribution in [3.05, 3.63) is 103 Å². The van der Waals surface area contributed by atoms with Crippen molar-refractivity contribution in [3.63, 3.8) is 0 Å². The zero-order valence-electron chi connectivity index (χ0n) is 14.7. The van der Waals surface area contributed by atoms with Gasteiger partial charge in [0.1, 0.15) is 12.1 Å². The normalized spacial score (nSPS) is 10.7. The Balaban J connectivity index is 1.60. The van der Waals surface area contributed by atoms with Crippen LogP contribution >= 0.6 is 0 Å². The molecule has 1 N–H and O–H groups in total. The number of rotatable bonds is 6. The first kappa shape index (κ1) is 16.8. The topological polar surface area (TPSA) is 62.1 Å². The number of nitrogens with zero attached hydrogens (tertiary/aromatic N) is 2. The van der Waals surface area contributed by atoms with Gasteiger partial charge in [-0.15, -0.1) is 0 Å². The zero-order valence-corrected chi connectivity index (χ0v) is 14.7. The predicted octanol–water partition coefficient (Wildman–Crippen LogP) is 4.51. The Kier molecular flexibility index (Phi) is 4.83. The maximum absolute atomic E-state index is 12.9. The van der Waals surface area contributed by atoms with Gasteiger partial charge in [-0.3, -0.25) is 4.79 Å². The fraction of sp³-hybridized carbons (Fsp3) is 0.0909. The third-order valence-corrected chi connectivity index (χ3v) is 4.36. The van der Waals surface area contributed by atoms with Gasteiger partial charge in [0.2, 0.25) is 0 Å². The van der Waals surface area contributed by atoms with E-state index in [4.69, 9.17) is 4.42 Å². The summed E-state index contributed by atoms with van der Waals surface area (Å²) in [4.78, 5) is 22.0. The Hall–Kier alpha value is -3.60. The molecule has 2 aromatic heterocycles. The Morgan fingerprint density at radius 2 is 1.85 bits per heavy atom. The number of H-pyrrole nitrogens is 1. The van der Waals surface area contributed by atoms with Gasteiger partial charge in [-0.1, -0.05) is 48.5 Å². The molecule has 4 aromatic rings. The van der Waals surface area contributed by atoms with Gasteiger partial charge in [0.15, 0.2) is 0 Å². The average Bonchev–Trinajstić information content (AvgIpc) is 3.42. The third-order valence-electron chi connectivity index (χ3n) is 4.36. The standard InChI is InChI=1S/C22H19N3O2/c26-22(20-9-12-27-16-20)25(15-21-23-10-11-24-21)14-17-5-4-8-19(13-17)18-6-2-1-3-7-18/h1-13,16H,14-15H2,(H,23,24). The quantitative estimate of drug-likeness (QED) is 0.552. The highest BCUT2D eigenvalue weighted by atomic mass is 16.3. The number of aromatic amines is 1. The van der Waals surface area contributed by atoms with Gasteiger partial charge in [-0.25, -0.2) is 4.98 Å². The molecule has 2 aromatic carbocycles. The number of hydrogen-bond acceptors (Lipinski definition) is 3. The van der Waals surface area contributed by atoms with Crippen molar-refractivity contribution in [2.24, 2.45) is 0 Å². The van der Waals surface area contributed by atoms with Gasteiger partial charge in [0.05, 0.1) is 18.4 Å². The molecule has 1 amide bonds. The summed E-state index contributed by atoms with van der Waals surface area (Å²) >= 11 is 0. The van der Waals surface area contributed by atoms with E-state index in [0.717, 1.165) is 22.5 Å². The highest BCUT2D eigenvalue weighted by molar-refractivity contribution is 5.93. The van der Waals surface area contributed by atoms with Crippen LogP contribution in [0.15, 0.2) is 90.0 Å². The number of amides is 1. The van der Waals surface area contributed by atoms with E-state index < -0.39 is 0 Å². The summed E-state index contributed by atoms with van der Waals surface area (Å²) in [5.74, 6) is 0.649. The minimum atomic E-state index is -0.0923. The lowest BCUT2D eigenvalue weighted by atomic mass is 10.0. The van der Waals surface area contributed by atoms with Gasteiger partial charge in [0.25, 0.3) is 5.91 Å². The molecule has 0 unspecified atom stereocenters. The van der Waals surface area contributed by atoms with Crippen molar-refractivity contribution in [2.75, 3.05) is 0 Å². The second-order valence-corrected chi connectivity index (χ2v) is 6.28. The molecular weight excluding hydrogens is 338 g/mol. The van der Waals surface area contributed by atoms with Crippen molar-refractivity contribution in [1.82, 2.24) is 14.9 Å². The number of aromatic nitrogens is 2.